The molecule has 3 rings (SSSR count). The smallest absolute Gasteiger partial charge is 0.326 e. The number of aliphatic carboxylic acids is 1. The van der Waals surface area contributed by atoms with Gasteiger partial charge in [0, 0.05) is 19.2 Å². The number of aromatic nitrogens is 2. The van der Waals surface area contributed by atoms with Crippen LogP contribution in [0.25, 0.3) is 0 Å². The van der Waals surface area contributed by atoms with Crippen molar-refractivity contribution in [2.75, 3.05) is 6.61 Å². The Morgan fingerprint density at radius 2 is 2.28 bits per heavy atom. The third-order valence-electron chi connectivity index (χ3n) is 3.84. The molecule has 0 bridgehead atoms. The summed E-state index contributed by atoms with van der Waals surface area (Å²) < 4.78 is 7.55. The quantitative estimate of drug-likeness (QED) is 0.872. The van der Waals surface area contributed by atoms with Crippen molar-refractivity contribution in [3.05, 3.63) is 17.7 Å². The van der Waals surface area contributed by atoms with Crippen LogP contribution >= 0.6 is 0 Å². The van der Waals surface area contributed by atoms with Crippen molar-refractivity contribution >= 4 is 5.97 Å². The van der Waals surface area contributed by atoms with E-state index in [4.69, 9.17) is 4.74 Å². The van der Waals surface area contributed by atoms with Crippen molar-refractivity contribution in [1.82, 2.24) is 9.55 Å². The highest BCUT2D eigenvalue weighted by atomic mass is 16.5. The highest BCUT2D eigenvalue weighted by Crippen LogP contribution is 2.31. The van der Waals surface area contributed by atoms with E-state index in [0.717, 1.165) is 50.2 Å². The summed E-state index contributed by atoms with van der Waals surface area (Å²) in [5, 5.41) is 9.22. The lowest BCUT2D eigenvalue weighted by molar-refractivity contribution is -0.141. The number of carboxylic acid groups (broad SMARTS) is 1. The van der Waals surface area contributed by atoms with E-state index in [0.29, 0.717) is 6.42 Å². The minimum atomic E-state index is -0.760. The van der Waals surface area contributed by atoms with Crippen LogP contribution in [0.1, 0.15) is 55.8 Å². The second-order valence-corrected chi connectivity index (χ2v) is 5.09. The van der Waals surface area contributed by atoms with Crippen LogP contribution in [-0.4, -0.2) is 27.2 Å². The van der Waals surface area contributed by atoms with Gasteiger partial charge in [-0.3, -0.25) is 0 Å². The van der Waals surface area contributed by atoms with Crippen molar-refractivity contribution in [1.29, 1.82) is 0 Å². The molecule has 1 aromatic rings. The van der Waals surface area contributed by atoms with E-state index < -0.39 is 12.0 Å². The topological polar surface area (TPSA) is 64.3 Å². The van der Waals surface area contributed by atoms with Gasteiger partial charge in [0.25, 0.3) is 0 Å². The van der Waals surface area contributed by atoms with E-state index >= 15 is 0 Å². The molecule has 5 nitrogen and oxygen atoms in total. The first-order valence-electron chi connectivity index (χ1n) is 6.68. The highest BCUT2D eigenvalue weighted by molar-refractivity contribution is 5.72. The summed E-state index contributed by atoms with van der Waals surface area (Å²) in [5.74, 6) is 0.141. The molecule has 1 saturated heterocycles. The fourth-order valence-electron chi connectivity index (χ4n) is 2.87. The largest absolute Gasteiger partial charge is 0.480 e. The van der Waals surface area contributed by atoms with E-state index in [9.17, 15) is 9.90 Å². The molecule has 2 aliphatic rings. The van der Waals surface area contributed by atoms with Crippen LogP contribution in [0.3, 0.4) is 0 Å². The maximum Gasteiger partial charge on any atom is 0.326 e. The third-order valence-corrected chi connectivity index (χ3v) is 3.84. The molecule has 2 aliphatic heterocycles. The number of aryl methyl sites for hydroxylation is 1. The van der Waals surface area contributed by atoms with Gasteiger partial charge in [-0.1, -0.05) is 0 Å². The molecule has 18 heavy (non-hydrogen) atoms. The minimum Gasteiger partial charge on any atom is -0.480 e. The molecular formula is C13H18N2O3. The lowest BCUT2D eigenvalue weighted by Gasteiger charge is -2.21. The summed E-state index contributed by atoms with van der Waals surface area (Å²) in [6.45, 7) is 0.787. The van der Waals surface area contributed by atoms with E-state index in [1.54, 1.807) is 0 Å². The second kappa shape index (κ2) is 4.72. The van der Waals surface area contributed by atoms with Gasteiger partial charge in [-0.15, -0.1) is 0 Å². The van der Waals surface area contributed by atoms with Crippen LogP contribution in [-0.2, 0) is 16.0 Å². The van der Waals surface area contributed by atoms with Gasteiger partial charge >= 0.3 is 5.97 Å². The van der Waals surface area contributed by atoms with E-state index in [2.05, 4.69) is 4.98 Å². The number of rotatable bonds is 2. The third kappa shape index (κ3) is 2.03. The Morgan fingerprint density at radius 3 is 3.00 bits per heavy atom. The Bertz CT molecular complexity index is 449. The number of ether oxygens (including phenoxy) is 1. The molecule has 0 spiro atoms. The zero-order valence-electron chi connectivity index (χ0n) is 10.3. The van der Waals surface area contributed by atoms with Crippen LogP contribution in [0.2, 0.25) is 0 Å². The summed E-state index contributed by atoms with van der Waals surface area (Å²) in [4.78, 5) is 15.8. The summed E-state index contributed by atoms with van der Waals surface area (Å²) >= 11 is 0. The van der Waals surface area contributed by atoms with Crippen molar-refractivity contribution < 1.29 is 14.6 Å². The van der Waals surface area contributed by atoms with E-state index in [1.807, 2.05) is 10.8 Å². The minimum absolute atomic E-state index is 0.0614. The average molecular weight is 250 g/mol. The van der Waals surface area contributed by atoms with Gasteiger partial charge in [0.1, 0.15) is 18.0 Å². The van der Waals surface area contributed by atoms with Gasteiger partial charge in [0.05, 0.1) is 5.69 Å². The number of hydrogen-bond acceptors (Lipinski definition) is 3. The Hall–Kier alpha value is -1.36. The van der Waals surface area contributed by atoms with Crippen LogP contribution in [0.4, 0.5) is 0 Å². The molecule has 0 saturated carbocycles. The van der Waals surface area contributed by atoms with E-state index in [1.165, 1.54) is 0 Å². The first-order chi connectivity index (χ1) is 8.75. The predicted octanol–water partition coefficient (Wildman–Crippen LogP) is 2.09. The molecule has 0 amide bonds. The first kappa shape index (κ1) is 11.7. The number of nitrogens with zero attached hydrogens (tertiary/aromatic N) is 2. The molecule has 1 aromatic heterocycles. The summed E-state index contributed by atoms with van der Waals surface area (Å²) in [7, 11) is 0. The molecule has 0 radical (unpaired) electrons. The molecule has 0 aromatic carbocycles. The molecule has 3 heterocycles. The lowest BCUT2D eigenvalue weighted by atomic mass is 10.1. The molecule has 1 fully saturated rings. The maximum atomic E-state index is 11.2. The van der Waals surface area contributed by atoms with Crippen molar-refractivity contribution in [3.8, 4) is 0 Å². The van der Waals surface area contributed by atoms with Crippen LogP contribution < -0.4 is 0 Å². The zero-order chi connectivity index (χ0) is 12.5. The van der Waals surface area contributed by atoms with Crippen LogP contribution in [0, 0.1) is 0 Å². The number of imidazole rings is 1. The van der Waals surface area contributed by atoms with Gasteiger partial charge in [-0.25, -0.2) is 9.78 Å². The number of carboxylic acids is 1. The lowest BCUT2D eigenvalue weighted by Crippen LogP contribution is -2.24. The fourth-order valence-corrected chi connectivity index (χ4v) is 2.87. The van der Waals surface area contributed by atoms with Gasteiger partial charge in [-0.2, -0.15) is 0 Å². The van der Waals surface area contributed by atoms with Gasteiger partial charge < -0.3 is 14.4 Å². The number of fused-ring (bicyclic) bond motifs is 1. The normalized spacial score (nSPS) is 27.8. The molecule has 98 valence electrons. The molecule has 2 unspecified atom stereocenters. The second-order valence-electron chi connectivity index (χ2n) is 5.09. The summed E-state index contributed by atoms with van der Waals surface area (Å²) in [6, 6.07) is -0.446. The van der Waals surface area contributed by atoms with E-state index in [-0.39, 0.29) is 6.10 Å². The molecule has 0 aliphatic carbocycles. The van der Waals surface area contributed by atoms with Crippen molar-refractivity contribution in [2.45, 2.75) is 50.7 Å². The monoisotopic (exact) mass is 250 g/mol. The Morgan fingerprint density at radius 1 is 1.39 bits per heavy atom. The standard InChI is InChI=1S/C13H18N2O3/c16-13(17)10-4-3-6-12-14-9(8-15(10)12)11-5-1-2-7-18-11/h8,10-11H,1-7H2,(H,16,17). The van der Waals surface area contributed by atoms with Crippen molar-refractivity contribution in [3.63, 3.8) is 0 Å². The van der Waals surface area contributed by atoms with Crippen LogP contribution in [0.5, 0.6) is 0 Å². The Labute approximate surface area is 106 Å². The summed E-state index contributed by atoms with van der Waals surface area (Å²) in [6.07, 6.45) is 7.69. The SMILES string of the molecule is O=C(O)C1CCCc2nc(C3CCCCO3)cn21. The van der Waals surface area contributed by atoms with Crippen molar-refractivity contribution in [2.24, 2.45) is 0 Å². The first-order valence-corrected chi connectivity index (χ1v) is 6.68. The number of carbonyl (C=O) groups is 1. The zero-order valence-corrected chi connectivity index (χ0v) is 10.3. The maximum absolute atomic E-state index is 11.2. The number of hydrogen-bond donors (Lipinski definition) is 1. The average Bonchev–Trinajstić information content (AvgIpc) is 2.83. The molecule has 5 heteroatoms. The molecular weight excluding hydrogens is 232 g/mol. The Balaban J connectivity index is 1.88. The summed E-state index contributed by atoms with van der Waals surface area (Å²) in [5.41, 5.74) is 0.915. The van der Waals surface area contributed by atoms with Gasteiger partial charge in [-0.05, 0) is 32.1 Å². The van der Waals surface area contributed by atoms with Gasteiger partial charge in [0.15, 0.2) is 0 Å². The predicted molar refractivity (Wildman–Crippen MR) is 64.4 cm³/mol. The fraction of sp³-hybridized carbons (Fsp3) is 0.692. The molecule has 1 N–H and O–H groups in total. The molecule has 2 atom stereocenters. The van der Waals surface area contributed by atoms with Gasteiger partial charge in [0.2, 0.25) is 0 Å². The highest BCUT2D eigenvalue weighted by Gasteiger charge is 2.29. The Kier molecular flexibility index (Phi) is 3.07. The van der Waals surface area contributed by atoms with Crippen LogP contribution in [0.15, 0.2) is 6.20 Å².